The highest BCUT2D eigenvalue weighted by Crippen LogP contribution is 2.19. The molecule has 134 valence electrons. The first-order valence-electron chi connectivity index (χ1n) is 8.61. The molecule has 1 aromatic rings. The summed E-state index contributed by atoms with van der Waals surface area (Å²) in [6.07, 6.45) is 3.23. The molecule has 0 bridgehead atoms. The third-order valence-corrected chi connectivity index (χ3v) is 4.49. The quantitative estimate of drug-likeness (QED) is 0.694. The van der Waals surface area contributed by atoms with Crippen molar-refractivity contribution >= 4 is 17.8 Å². The topological polar surface area (TPSA) is 87.7 Å². The molecule has 1 heterocycles. The van der Waals surface area contributed by atoms with Gasteiger partial charge in [-0.2, -0.15) is 0 Å². The summed E-state index contributed by atoms with van der Waals surface area (Å²) < 4.78 is 5.11. The van der Waals surface area contributed by atoms with Gasteiger partial charge in [-0.15, -0.1) is 0 Å². The summed E-state index contributed by atoms with van der Waals surface area (Å²) in [5, 5.41) is 5.55. The molecule has 0 radical (unpaired) electrons. The van der Waals surface area contributed by atoms with E-state index >= 15 is 0 Å². The summed E-state index contributed by atoms with van der Waals surface area (Å²) in [7, 11) is 1.60. The number of imide groups is 1. The van der Waals surface area contributed by atoms with Crippen molar-refractivity contribution in [2.45, 2.75) is 44.2 Å². The lowest BCUT2D eigenvalue weighted by molar-refractivity contribution is -0.127. The molecule has 2 N–H and O–H groups in total. The van der Waals surface area contributed by atoms with Crippen LogP contribution in [0.4, 0.5) is 4.79 Å². The van der Waals surface area contributed by atoms with Crippen LogP contribution in [0.1, 0.15) is 31.2 Å². The number of rotatable bonds is 8. The second kappa shape index (κ2) is 7.55. The highest BCUT2D eigenvalue weighted by molar-refractivity contribution is 6.04. The lowest BCUT2D eigenvalue weighted by Crippen LogP contribution is -2.34. The molecule has 1 unspecified atom stereocenters. The average molecular weight is 345 g/mol. The first-order chi connectivity index (χ1) is 12.1. The van der Waals surface area contributed by atoms with E-state index in [0.29, 0.717) is 25.4 Å². The maximum Gasteiger partial charge on any atom is 0.324 e. The van der Waals surface area contributed by atoms with E-state index in [2.05, 4.69) is 10.6 Å². The van der Waals surface area contributed by atoms with Gasteiger partial charge in [0.05, 0.1) is 7.11 Å². The number of ether oxygens (including phenoxy) is 1. The Labute approximate surface area is 146 Å². The SMILES string of the molecule is COc1ccc(CCN2C(=O)NC(CCC(=O)NC3CC3)C2=O)cc1. The Kier molecular flexibility index (Phi) is 5.21. The molecule has 1 aliphatic carbocycles. The molecule has 4 amide bonds. The van der Waals surface area contributed by atoms with Crippen molar-refractivity contribution in [1.82, 2.24) is 15.5 Å². The summed E-state index contributed by atoms with van der Waals surface area (Å²) in [5.74, 6) is 0.460. The number of amides is 4. The van der Waals surface area contributed by atoms with Crippen LogP contribution in [0.25, 0.3) is 0 Å². The Balaban J connectivity index is 1.47. The van der Waals surface area contributed by atoms with Gasteiger partial charge < -0.3 is 15.4 Å². The number of urea groups is 1. The third kappa shape index (κ3) is 4.49. The van der Waals surface area contributed by atoms with Crippen molar-refractivity contribution < 1.29 is 19.1 Å². The number of carbonyl (C=O) groups is 3. The first kappa shape index (κ1) is 17.3. The van der Waals surface area contributed by atoms with Gasteiger partial charge in [-0.1, -0.05) is 12.1 Å². The predicted octanol–water partition coefficient (Wildman–Crippen LogP) is 1.22. The van der Waals surface area contributed by atoms with Gasteiger partial charge >= 0.3 is 6.03 Å². The zero-order chi connectivity index (χ0) is 17.8. The number of nitrogens with zero attached hydrogens (tertiary/aromatic N) is 1. The van der Waals surface area contributed by atoms with Crippen LogP contribution in [-0.4, -0.2) is 48.5 Å². The fraction of sp³-hybridized carbons (Fsp3) is 0.500. The van der Waals surface area contributed by atoms with Crippen molar-refractivity contribution in [3.63, 3.8) is 0 Å². The Bertz CT molecular complexity index is 655. The van der Waals surface area contributed by atoms with E-state index < -0.39 is 6.04 Å². The lowest BCUT2D eigenvalue weighted by Gasteiger charge is -2.13. The highest BCUT2D eigenvalue weighted by atomic mass is 16.5. The van der Waals surface area contributed by atoms with Crippen LogP contribution in [0.2, 0.25) is 0 Å². The molecular formula is C18H23N3O4. The smallest absolute Gasteiger partial charge is 0.324 e. The Hall–Kier alpha value is -2.57. The maximum absolute atomic E-state index is 12.4. The van der Waals surface area contributed by atoms with Gasteiger partial charge in [0.2, 0.25) is 5.91 Å². The predicted molar refractivity (Wildman–Crippen MR) is 91.1 cm³/mol. The second-order valence-electron chi connectivity index (χ2n) is 6.47. The Morgan fingerprint density at radius 3 is 2.64 bits per heavy atom. The van der Waals surface area contributed by atoms with Crippen LogP contribution in [0.5, 0.6) is 5.75 Å². The van der Waals surface area contributed by atoms with Crippen molar-refractivity contribution in [3.8, 4) is 5.75 Å². The molecule has 25 heavy (non-hydrogen) atoms. The summed E-state index contributed by atoms with van der Waals surface area (Å²) in [6.45, 7) is 0.321. The molecular weight excluding hydrogens is 322 g/mol. The minimum atomic E-state index is -0.603. The van der Waals surface area contributed by atoms with Crippen molar-refractivity contribution in [1.29, 1.82) is 0 Å². The third-order valence-electron chi connectivity index (χ3n) is 4.49. The fourth-order valence-corrected chi connectivity index (χ4v) is 2.82. The van der Waals surface area contributed by atoms with Gasteiger partial charge in [-0.25, -0.2) is 4.79 Å². The number of carbonyl (C=O) groups excluding carboxylic acids is 3. The molecule has 1 aromatic carbocycles. The molecule has 0 spiro atoms. The first-order valence-corrected chi connectivity index (χ1v) is 8.61. The Morgan fingerprint density at radius 2 is 2.00 bits per heavy atom. The molecule has 7 nitrogen and oxygen atoms in total. The monoisotopic (exact) mass is 345 g/mol. The van der Waals surface area contributed by atoms with Crippen LogP contribution in [0.15, 0.2) is 24.3 Å². The number of hydrogen-bond acceptors (Lipinski definition) is 4. The van der Waals surface area contributed by atoms with Gasteiger partial charge in [-0.3, -0.25) is 14.5 Å². The van der Waals surface area contributed by atoms with Crippen LogP contribution in [0, 0.1) is 0 Å². The largest absolute Gasteiger partial charge is 0.497 e. The molecule has 0 aromatic heterocycles. The standard InChI is InChI=1S/C18H23N3O4/c1-25-14-6-2-12(3-7-14)10-11-21-17(23)15(20-18(21)24)8-9-16(22)19-13-4-5-13/h2-3,6-7,13,15H,4-5,8-11H2,1H3,(H,19,22)(H,20,24). The molecule has 1 saturated carbocycles. The second-order valence-corrected chi connectivity index (χ2v) is 6.47. The molecule has 2 aliphatic rings. The number of benzene rings is 1. The van der Waals surface area contributed by atoms with Crippen LogP contribution < -0.4 is 15.4 Å². The lowest BCUT2D eigenvalue weighted by atomic mass is 10.1. The fourth-order valence-electron chi connectivity index (χ4n) is 2.82. The van der Waals surface area contributed by atoms with E-state index in [1.54, 1.807) is 7.11 Å². The summed E-state index contributed by atoms with van der Waals surface area (Å²) in [4.78, 5) is 37.4. The van der Waals surface area contributed by atoms with Crippen LogP contribution >= 0.6 is 0 Å². The van der Waals surface area contributed by atoms with Gasteiger partial charge in [0, 0.05) is 19.0 Å². The van der Waals surface area contributed by atoms with E-state index in [1.165, 1.54) is 4.90 Å². The number of methoxy groups -OCH3 is 1. The molecule has 1 atom stereocenters. The molecule has 1 saturated heterocycles. The van der Waals surface area contributed by atoms with E-state index in [1.807, 2.05) is 24.3 Å². The number of nitrogens with one attached hydrogen (secondary N) is 2. The molecule has 2 fully saturated rings. The minimum Gasteiger partial charge on any atom is -0.497 e. The van der Waals surface area contributed by atoms with Crippen LogP contribution in [0.3, 0.4) is 0 Å². The summed E-state index contributed by atoms with van der Waals surface area (Å²) in [6, 6.07) is 6.85. The van der Waals surface area contributed by atoms with Gasteiger partial charge in [-0.05, 0) is 43.4 Å². The number of hydrogen-bond donors (Lipinski definition) is 2. The van der Waals surface area contributed by atoms with E-state index in [9.17, 15) is 14.4 Å². The maximum atomic E-state index is 12.4. The minimum absolute atomic E-state index is 0.0544. The average Bonchev–Trinajstić information content (AvgIpc) is 3.38. The highest BCUT2D eigenvalue weighted by Gasteiger charge is 2.37. The van der Waals surface area contributed by atoms with Crippen molar-refractivity contribution in [2.24, 2.45) is 0 Å². The van der Waals surface area contributed by atoms with Gasteiger partial charge in [0.1, 0.15) is 11.8 Å². The van der Waals surface area contributed by atoms with Crippen molar-refractivity contribution in [2.75, 3.05) is 13.7 Å². The van der Waals surface area contributed by atoms with E-state index in [-0.39, 0.29) is 24.3 Å². The molecule has 3 rings (SSSR count). The zero-order valence-electron chi connectivity index (χ0n) is 14.3. The van der Waals surface area contributed by atoms with Gasteiger partial charge in [0.15, 0.2) is 0 Å². The van der Waals surface area contributed by atoms with Crippen LogP contribution in [-0.2, 0) is 16.0 Å². The summed E-state index contributed by atoms with van der Waals surface area (Å²) in [5.41, 5.74) is 1.02. The molecule has 7 heteroatoms. The summed E-state index contributed by atoms with van der Waals surface area (Å²) >= 11 is 0. The van der Waals surface area contributed by atoms with Gasteiger partial charge in [0.25, 0.3) is 5.91 Å². The Morgan fingerprint density at radius 1 is 1.28 bits per heavy atom. The van der Waals surface area contributed by atoms with E-state index in [0.717, 1.165) is 24.2 Å². The van der Waals surface area contributed by atoms with Crippen molar-refractivity contribution in [3.05, 3.63) is 29.8 Å². The zero-order valence-corrected chi connectivity index (χ0v) is 14.3. The van der Waals surface area contributed by atoms with E-state index in [4.69, 9.17) is 4.74 Å². The normalized spacial score (nSPS) is 19.7. The molecule has 1 aliphatic heterocycles.